The van der Waals surface area contributed by atoms with Gasteiger partial charge in [-0.1, -0.05) is 12.1 Å². The third-order valence-corrected chi connectivity index (χ3v) is 7.07. The Balaban J connectivity index is 1.35. The van der Waals surface area contributed by atoms with Crippen LogP contribution < -0.4 is 5.32 Å². The van der Waals surface area contributed by atoms with E-state index in [2.05, 4.69) is 21.5 Å². The molecule has 4 heterocycles. The molecule has 1 saturated carbocycles. The minimum atomic E-state index is -0.470. The van der Waals surface area contributed by atoms with E-state index in [9.17, 15) is 4.79 Å². The van der Waals surface area contributed by atoms with Gasteiger partial charge in [0.15, 0.2) is 0 Å². The molecule has 7 heteroatoms. The van der Waals surface area contributed by atoms with Gasteiger partial charge >= 0.3 is 0 Å². The number of aryl methyl sites for hydroxylation is 1. The first kappa shape index (κ1) is 18.5. The number of hydrogen-bond donors (Lipinski definition) is 1. The number of amides is 1. The molecule has 1 N–H and O–H groups in total. The molecule has 1 spiro atoms. The molecular weight excluding hydrogens is 393 g/mol. The van der Waals surface area contributed by atoms with Crippen LogP contribution in [0.4, 0.5) is 10.2 Å². The molecule has 1 amide bonds. The Morgan fingerprint density at radius 3 is 2.94 bits per heavy atom. The van der Waals surface area contributed by atoms with Crippen LogP contribution in [-0.2, 0) is 12.5 Å². The lowest BCUT2D eigenvalue weighted by Crippen LogP contribution is -2.31. The number of aromatic nitrogens is 3. The van der Waals surface area contributed by atoms with E-state index in [4.69, 9.17) is 0 Å². The van der Waals surface area contributed by atoms with Crippen molar-refractivity contribution in [1.29, 1.82) is 0 Å². The highest BCUT2D eigenvalue weighted by Crippen LogP contribution is 2.54. The first-order valence-corrected chi connectivity index (χ1v) is 10.9. The van der Waals surface area contributed by atoms with Crippen molar-refractivity contribution in [3.8, 4) is 11.1 Å². The van der Waals surface area contributed by atoms with Gasteiger partial charge in [0, 0.05) is 60.2 Å². The Morgan fingerprint density at radius 1 is 1.29 bits per heavy atom. The molecule has 1 aliphatic carbocycles. The maximum atomic E-state index is 15.6. The zero-order valence-electron chi connectivity index (χ0n) is 17.4. The monoisotopic (exact) mass is 417 g/mol. The molecule has 2 aliphatic heterocycles. The Kier molecular flexibility index (Phi) is 3.97. The Labute approximate surface area is 180 Å². The molecule has 31 heavy (non-hydrogen) atoms. The van der Waals surface area contributed by atoms with Crippen molar-refractivity contribution in [1.82, 2.24) is 19.7 Å². The van der Waals surface area contributed by atoms with Crippen LogP contribution in [0.3, 0.4) is 0 Å². The zero-order chi connectivity index (χ0) is 21.2. The SMILES string of the molecule is Cn1cc([C@@H]2CCCN2C(=O)c2cccc(-c3cnc4c(c3)C3(CC3)CN4)c2F)cn1. The number of fused-ring (bicyclic) bond motifs is 2. The number of hydrogen-bond acceptors (Lipinski definition) is 4. The lowest BCUT2D eigenvalue weighted by molar-refractivity contribution is 0.0731. The van der Waals surface area contributed by atoms with Crippen molar-refractivity contribution in [3.05, 3.63) is 65.4 Å². The summed E-state index contributed by atoms with van der Waals surface area (Å²) < 4.78 is 17.4. The van der Waals surface area contributed by atoms with Gasteiger partial charge in [0.25, 0.3) is 5.91 Å². The normalized spacial score (nSPS) is 20.7. The van der Waals surface area contributed by atoms with Gasteiger partial charge in [-0.15, -0.1) is 0 Å². The highest BCUT2D eigenvalue weighted by Gasteiger charge is 2.49. The summed E-state index contributed by atoms with van der Waals surface area (Å²) in [5.41, 5.74) is 3.63. The summed E-state index contributed by atoms with van der Waals surface area (Å²) in [4.78, 5) is 19.7. The van der Waals surface area contributed by atoms with E-state index in [0.29, 0.717) is 12.1 Å². The molecule has 1 aromatic carbocycles. The molecule has 2 aromatic heterocycles. The number of benzene rings is 1. The number of pyridine rings is 1. The average molecular weight is 417 g/mol. The van der Waals surface area contributed by atoms with Gasteiger partial charge in [-0.2, -0.15) is 5.10 Å². The zero-order valence-corrected chi connectivity index (χ0v) is 17.4. The fourth-order valence-corrected chi connectivity index (χ4v) is 5.15. The van der Waals surface area contributed by atoms with Crippen molar-refractivity contribution in [2.45, 2.75) is 37.1 Å². The van der Waals surface area contributed by atoms with Crippen molar-refractivity contribution in [2.24, 2.45) is 7.05 Å². The first-order chi connectivity index (χ1) is 15.1. The second-order valence-corrected chi connectivity index (χ2v) is 9.03. The van der Waals surface area contributed by atoms with Gasteiger partial charge in [-0.05, 0) is 37.8 Å². The van der Waals surface area contributed by atoms with E-state index in [1.54, 1.807) is 40.2 Å². The van der Waals surface area contributed by atoms with Crippen LogP contribution >= 0.6 is 0 Å². The molecule has 1 saturated heterocycles. The molecule has 6 rings (SSSR count). The third-order valence-electron chi connectivity index (χ3n) is 7.07. The minimum Gasteiger partial charge on any atom is -0.369 e. The standard InChI is InChI=1S/C24H24FN5O/c1-29-13-16(12-28-29)20-6-3-9-30(20)23(31)18-5-2-4-17(21(18)25)15-10-19-22(26-11-15)27-14-24(19)7-8-24/h2,4-5,10-13,20H,3,6-9,14H2,1H3,(H,26,27)/t20-/m0/s1. The summed E-state index contributed by atoms with van der Waals surface area (Å²) in [7, 11) is 1.86. The number of nitrogens with one attached hydrogen (secondary N) is 1. The molecule has 0 radical (unpaired) electrons. The predicted octanol–water partition coefficient (Wildman–Crippen LogP) is 4.06. The molecule has 158 valence electrons. The molecule has 0 unspecified atom stereocenters. The number of carbonyl (C=O) groups is 1. The number of nitrogens with zero attached hydrogens (tertiary/aromatic N) is 4. The van der Waals surface area contributed by atoms with E-state index in [1.165, 1.54) is 5.56 Å². The highest BCUT2D eigenvalue weighted by atomic mass is 19.1. The highest BCUT2D eigenvalue weighted by molar-refractivity contribution is 5.96. The van der Waals surface area contributed by atoms with Gasteiger partial charge < -0.3 is 10.2 Å². The third kappa shape index (κ3) is 2.86. The summed E-state index contributed by atoms with van der Waals surface area (Å²) in [5.74, 6) is 0.173. The predicted molar refractivity (Wildman–Crippen MR) is 115 cm³/mol. The maximum Gasteiger partial charge on any atom is 0.257 e. The lowest BCUT2D eigenvalue weighted by Gasteiger charge is -2.24. The number of carbonyl (C=O) groups excluding carboxylic acids is 1. The first-order valence-electron chi connectivity index (χ1n) is 10.9. The van der Waals surface area contributed by atoms with Gasteiger partial charge in [0.2, 0.25) is 0 Å². The van der Waals surface area contributed by atoms with Crippen molar-refractivity contribution >= 4 is 11.7 Å². The van der Waals surface area contributed by atoms with E-state index in [0.717, 1.165) is 49.2 Å². The Morgan fingerprint density at radius 2 is 2.16 bits per heavy atom. The van der Waals surface area contributed by atoms with Crippen molar-refractivity contribution in [2.75, 3.05) is 18.4 Å². The average Bonchev–Trinajstić information content (AvgIpc) is 3.08. The van der Waals surface area contributed by atoms with Crippen LogP contribution in [0.5, 0.6) is 0 Å². The number of rotatable bonds is 3. The smallest absolute Gasteiger partial charge is 0.257 e. The van der Waals surface area contributed by atoms with Gasteiger partial charge in [-0.25, -0.2) is 9.37 Å². The second kappa shape index (κ2) is 6.64. The van der Waals surface area contributed by atoms with E-state index >= 15 is 4.39 Å². The molecule has 6 nitrogen and oxygen atoms in total. The van der Waals surface area contributed by atoms with Crippen LogP contribution in [0.25, 0.3) is 11.1 Å². The van der Waals surface area contributed by atoms with E-state index in [1.807, 2.05) is 13.2 Å². The number of anilines is 1. The van der Waals surface area contributed by atoms with Crippen molar-refractivity contribution in [3.63, 3.8) is 0 Å². The van der Waals surface area contributed by atoms with Crippen LogP contribution in [0.2, 0.25) is 0 Å². The van der Waals surface area contributed by atoms with Crippen LogP contribution in [0, 0.1) is 5.82 Å². The number of likely N-dealkylation sites (tertiary alicyclic amines) is 1. The van der Waals surface area contributed by atoms with Crippen molar-refractivity contribution < 1.29 is 9.18 Å². The van der Waals surface area contributed by atoms with Gasteiger partial charge in [-0.3, -0.25) is 9.48 Å². The summed E-state index contributed by atoms with van der Waals surface area (Å²) in [6.07, 6.45) is 9.48. The van der Waals surface area contributed by atoms with Gasteiger partial charge in [0.1, 0.15) is 11.6 Å². The Bertz CT molecular complexity index is 1200. The topological polar surface area (TPSA) is 63.1 Å². The fraction of sp³-hybridized carbons (Fsp3) is 0.375. The van der Waals surface area contributed by atoms with Crippen LogP contribution in [-0.4, -0.2) is 38.7 Å². The van der Waals surface area contributed by atoms with E-state index < -0.39 is 5.82 Å². The maximum absolute atomic E-state index is 15.6. The summed E-state index contributed by atoms with van der Waals surface area (Å²) in [5, 5.41) is 7.60. The summed E-state index contributed by atoms with van der Waals surface area (Å²) >= 11 is 0. The van der Waals surface area contributed by atoms with Gasteiger partial charge in [0.05, 0.1) is 17.8 Å². The number of halogens is 1. The quantitative estimate of drug-likeness (QED) is 0.698. The molecule has 2 fully saturated rings. The van der Waals surface area contributed by atoms with Crippen LogP contribution in [0.1, 0.15) is 53.2 Å². The largest absolute Gasteiger partial charge is 0.369 e. The van der Waals surface area contributed by atoms with E-state index in [-0.39, 0.29) is 22.9 Å². The lowest BCUT2D eigenvalue weighted by atomic mass is 9.95. The molecule has 3 aromatic rings. The molecule has 0 bridgehead atoms. The summed E-state index contributed by atoms with van der Waals surface area (Å²) in [6.45, 7) is 1.53. The summed E-state index contributed by atoms with van der Waals surface area (Å²) in [6, 6.07) is 7.08. The molecule has 3 aliphatic rings. The molecule has 1 atom stereocenters. The Hall–Kier alpha value is -3.22. The van der Waals surface area contributed by atoms with Crippen LogP contribution in [0.15, 0.2) is 42.9 Å². The molecular formula is C24H24FN5O. The second-order valence-electron chi connectivity index (χ2n) is 9.03. The minimum absolute atomic E-state index is 0.0632. The fourth-order valence-electron chi connectivity index (χ4n) is 5.15.